The highest BCUT2D eigenvalue weighted by Crippen LogP contribution is 2.18. The SMILES string of the molecule is O=c1cc(O)c2cc(B(O)O)ccc2[nH]1. The monoisotopic (exact) mass is 205 g/mol. The molecule has 0 spiro atoms. The van der Waals surface area contributed by atoms with Crippen molar-refractivity contribution in [2.24, 2.45) is 0 Å². The highest BCUT2D eigenvalue weighted by atomic mass is 16.4. The van der Waals surface area contributed by atoms with Gasteiger partial charge in [-0.05, 0) is 17.6 Å². The van der Waals surface area contributed by atoms with Crippen LogP contribution in [-0.4, -0.2) is 27.3 Å². The summed E-state index contributed by atoms with van der Waals surface area (Å²) >= 11 is 0. The van der Waals surface area contributed by atoms with E-state index in [0.717, 1.165) is 6.07 Å². The van der Waals surface area contributed by atoms with Crippen molar-refractivity contribution >= 4 is 23.5 Å². The predicted octanol–water partition coefficient (Wildman–Crippen LogP) is -1.09. The number of nitrogens with one attached hydrogen (secondary N) is 1. The number of hydrogen-bond acceptors (Lipinski definition) is 4. The molecular weight excluding hydrogens is 197 g/mol. The fraction of sp³-hybridized carbons (Fsp3) is 0. The normalized spacial score (nSPS) is 10.5. The number of pyridine rings is 1. The van der Waals surface area contributed by atoms with Crippen LogP contribution in [0.3, 0.4) is 0 Å². The van der Waals surface area contributed by atoms with Crippen molar-refractivity contribution in [1.29, 1.82) is 0 Å². The number of rotatable bonds is 1. The molecule has 4 N–H and O–H groups in total. The molecule has 0 amide bonds. The van der Waals surface area contributed by atoms with Crippen molar-refractivity contribution in [2.45, 2.75) is 0 Å². The van der Waals surface area contributed by atoms with Crippen molar-refractivity contribution in [1.82, 2.24) is 4.98 Å². The molecule has 0 aliphatic heterocycles. The van der Waals surface area contributed by atoms with Gasteiger partial charge in [-0.25, -0.2) is 0 Å². The Balaban J connectivity index is 2.77. The molecule has 0 aliphatic rings. The molecule has 1 heterocycles. The quantitative estimate of drug-likeness (QED) is 0.445. The summed E-state index contributed by atoms with van der Waals surface area (Å²) in [6.07, 6.45) is 0. The molecule has 0 unspecified atom stereocenters. The zero-order chi connectivity index (χ0) is 11.0. The highest BCUT2D eigenvalue weighted by Gasteiger charge is 2.12. The Morgan fingerprint density at radius 1 is 1.20 bits per heavy atom. The van der Waals surface area contributed by atoms with Crippen LogP contribution in [-0.2, 0) is 0 Å². The Morgan fingerprint density at radius 2 is 1.93 bits per heavy atom. The third-order valence-corrected chi connectivity index (χ3v) is 2.14. The van der Waals surface area contributed by atoms with E-state index in [1.165, 1.54) is 18.2 Å². The highest BCUT2D eigenvalue weighted by molar-refractivity contribution is 6.58. The van der Waals surface area contributed by atoms with Crippen molar-refractivity contribution in [2.75, 3.05) is 0 Å². The number of aromatic nitrogens is 1. The summed E-state index contributed by atoms with van der Waals surface area (Å²) < 4.78 is 0. The fourth-order valence-electron chi connectivity index (χ4n) is 1.41. The van der Waals surface area contributed by atoms with Crippen LogP contribution in [0.25, 0.3) is 10.9 Å². The third-order valence-electron chi connectivity index (χ3n) is 2.14. The van der Waals surface area contributed by atoms with E-state index in [4.69, 9.17) is 10.0 Å². The van der Waals surface area contributed by atoms with Crippen molar-refractivity contribution in [3.05, 3.63) is 34.6 Å². The summed E-state index contributed by atoms with van der Waals surface area (Å²) in [7, 11) is -1.60. The van der Waals surface area contributed by atoms with Gasteiger partial charge in [0.2, 0.25) is 0 Å². The number of hydrogen-bond donors (Lipinski definition) is 4. The summed E-state index contributed by atoms with van der Waals surface area (Å²) in [5, 5.41) is 27.7. The number of aromatic hydroxyl groups is 1. The molecule has 15 heavy (non-hydrogen) atoms. The summed E-state index contributed by atoms with van der Waals surface area (Å²) in [6, 6.07) is 5.41. The van der Waals surface area contributed by atoms with Crippen LogP contribution in [0.5, 0.6) is 5.75 Å². The van der Waals surface area contributed by atoms with Gasteiger partial charge in [0.25, 0.3) is 5.56 Å². The van der Waals surface area contributed by atoms with Gasteiger partial charge in [0, 0.05) is 11.5 Å². The van der Waals surface area contributed by atoms with Gasteiger partial charge in [-0.15, -0.1) is 0 Å². The van der Waals surface area contributed by atoms with Gasteiger partial charge in [-0.3, -0.25) is 4.79 Å². The van der Waals surface area contributed by atoms with Crippen LogP contribution < -0.4 is 11.0 Å². The summed E-state index contributed by atoms with van der Waals surface area (Å²) in [5.74, 6) is -0.184. The van der Waals surface area contributed by atoms with E-state index < -0.39 is 12.7 Å². The third kappa shape index (κ3) is 1.72. The standard InChI is InChI=1S/C9H8BNO4/c12-8-4-9(13)11-7-2-1-5(10(14)15)3-6(7)8/h1-4,14-15H,(H2,11,12,13). The molecule has 76 valence electrons. The molecule has 0 atom stereocenters. The van der Waals surface area contributed by atoms with E-state index in [1.807, 2.05) is 0 Å². The molecule has 6 heteroatoms. The lowest BCUT2D eigenvalue weighted by Gasteiger charge is -2.03. The molecular formula is C9H8BNO4. The van der Waals surface area contributed by atoms with Crippen molar-refractivity contribution < 1.29 is 15.2 Å². The Labute approximate surface area is 84.8 Å². The van der Waals surface area contributed by atoms with E-state index >= 15 is 0 Å². The molecule has 0 saturated carbocycles. The second-order valence-corrected chi connectivity index (χ2v) is 3.20. The number of fused-ring (bicyclic) bond motifs is 1. The maximum atomic E-state index is 11.0. The molecule has 2 aromatic rings. The second kappa shape index (κ2) is 3.41. The number of aromatic amines is 1. The maximum Gasteiger partial charge on any atom is 0.488 e. The van der Waals surface area contributed by atoms with Crippen LogP contribution in [0.4, 0.5) is 0 Å². The van der Waals surface area contributed by atoms with E-state index in [1.54, 1.807) is 0 Å². The van der Waals surface area contributed by atoms with Crippen LogP contribution in [0.2, 0.25) is 0 Å². The Hall–Kier alpha value is -1.79. The van der Waals surface area contributed by atoms with Crippen LogP contribution in [0, 0.1) is 0 Å². The van der Waals surface area contributed by atoms with E-state index in [0.29, 0.717) is 10.9 Å². The number of benzene rings is 1. The van der Waals surface area contributed by atoms with Gasteiger partial charge in [0.1, 0.15) is 5.75 Å². The smallest absolute Gasteiger partial charge is 0.488 e. The summed E-state index contributed by atoms with van der Waals surface area (Å²) in [6.45, 7) is 0. The zero-order valence-corrected chi connectivity index (χ0v) is 7.64. The lowest BCUT2D eigenvalue weighted by molar-refractivity contribution is 0.426. The molecule has 0 aliphatic carbocycles. The predicted molar refractivity (Wildman–Crippen MR) is 56.1 cm³/mol. The van der Waals surface area contributed by atoms with Gasteiger partial charge in [0.15, 0.2) is 0 Å². The molecule has 0 saturated heterocycles. The maximum absolute atomic E-state index is 11.0. The molecule has 5 nitrogen and oxygen atoms in total. The fourth-order valence-corrected chi connectivity index (χ4v) is 1.41. The van der Waals surface area contributed by atoms with Gasteiger partial charge in [-0.2, -0.15) is 0 Å². The summed E-state index contributed by atoms with van der Waals surface area (Å²) in [5.41, 5.74) is 0.298. The Kier molecular flexibility index (Phi) is 2.22. The first-order chi connectivity index (χ1) is 7.08. The Bertz CT molecular complexity index is 564. The van der Waals surface area contributed by atoms with Gasteiger partial charge < -0.3 is 20.1 Å². The molecule has 1 aromatic carbocycles. The first kappa shape index (κ1) is 9.76. The first-order valence-electron chi connectivity index (χ1n) is 4.30. The van der Waals surface area contributed by atoms with Crippen LogP contribution in [0.15, 0.2) is 29.1 Å². The molecule has 0 bridgehead atoms. The lowest BCUT2D eigenvalue weighted by atomic mass is 9.80. The van der Waals surface area contributed by atoms with Gasteiger partial charge in [-0.1, -0.05) is 6.07 Å². The van der Waals surface area contributed by atoms with Crippen LogP contribution in [0.1, 0.15) is 0 Å². The molecule has 0 radical (unpaired) electrons. The van der Waals surface area contributed by atoms with Gasteiger partial charge >= 0.3 is 7.12 Å². The minimum Gasteiger partial charge on any atom is -0.507 e. The molecule has 2 rings (SSSR count). The topological polar surface area (TPSA) is 93.6 Å². The average Bonchev–Trinajstić information content (AvgIpc) is 2.16. The Morgan fingerprint density at radius 3 is 2.60 bits per heavy atom. The minimum atomic E-state index is -1.60. The largest absolute Gasteiger partial charge is 0.507 e. The van der Waals surface area contributed by atoms with Crippen molar-refractivity contribution in [3.63, 3.8) is 0 Å². The second-order valence-electron chi connectivity index (χ2n) is 3.20. The van der Waals surface area contributed by atoms with E-state index in [2.05, 4.69) is 4.98 Å². The average molecular weight is 205 g/mol. The van der Waals surface area contributed by atoms with E-state index in [9.17, 15) is 9.90 Å². The zero-order valence-electron chi connectivity index (χ0n) is 7.64. The van der Waals surface area contributed by atoms with Crippen LogP contribution >= 0.6 is 0 Å². The minimum absolute atomic E-state index is 0.184. The number of H-pyrrole nitrogens is 1. The molecule has 1 aromatic heterocycles. The summed E-state index contributed by atoms with van der Waals surface area (Å²) in [4.78, 5) is 13.5. The van der Waals surface area contributed by atoms with Gasteiger partial charge in [0.05, 0.1) is 5.52 Å². The molecule has 0 fully saturated rings. The lowest BCUT2D eigenvalue weighted by Crippen LogP contribution is -2.29. The first-order valence-corrected chi connectivity index (χ1v) is 4.30. The van der Waals surface area contributed by atoms with Crippen molar-refractivity contribution in [3.8, 4) is 5.75 Å². The van der Waals surface area contributed by atoms with E-state index in [-0.39, 0.29) is 11.2 Å².